The molecule has 1 unspecified atom stereocenters. The Morgan fingerprint density at radius 3 is 2.70 bits per heavy atom. The number of aromatic nitrogens is 1. The van der Waals surface area contributed by atoms with Crippen molar-refractivity contribution in [2.45, 2.75) is 12.2 Å². The highest BCUT2D eigenvalue weighted by Gasteiger charge is 2.35. The SMILES string of the molecule is O=C(NCC(c1cccc(F)c1)N1CCOCC1)c1csc(C(F)(F)F)n1. The Morgan fingerprint density at radius 2 is 2.07 bits per heavy atom. The monoisotopic (exact) mass is 403 g/mol. The Kier molecular flexibility index (Phi) is 6.08. The van der Waals surface area contributed by atoms with Crippen LogP contribution in [0.3, 0.4) is 0 Å². The van der Waals surface area contributed by atoms with Crippen LogP contribution in [0.1, 0.15) is 27.1 Å². The second kappa shape index (κ2) is 8.32. The summed E-state index contributed by atoms with van der Waals surface area (Å²) in [6, 6.07) is 5.72. The maximum Gasteiger partial charge on any atom is 0.443 e. The van der Waals surface area contributed by atoms with Crippen molar-refractivity contribution in [1.82, 2.24) is 15.2 Å². The molecular formula is C17H17F4N3O2S. The fourth-order valence-electron chi connectivity index (χ4n) is 2.85. The molecule has 146 valence electrons. The molecule has 0 radical (unpaired) electrons. The zero-order chi connectivity index (χ0) is 19.4. The zero-order valence-electron chi connectivity index (χ0n) is 14.1. The van der Waals surface area contributed by atoms with Gasteiger partial charge in [0, 0.05) is 25.0 Å². The molecule has 1 aromatic carbocycles. The van der Waals surface area contributed by atoms with Crippen LogP contribution in [0.2, 0.25) is 0 Å². The summed E-state index contributed by atoms with van der Waals surface area (Å²) in [5.74, 6) is -1.09. The van der Waals surface area contributed by atoms with Gasteiger partial charge in [-0.05, 0) is 17.7 Å². The van der Waals surface area contributed by atoms with Crippen LogP contribution in [-0.4, -0.2) is 48.6 Å². The highest BCUT2D eigenvalue weighted by Crippen LogP contribution is 2.31. The van der Waals surface area contributed by atoms with Crippen LogP contribution in [0.25, 0.3) is 0 Å². The van der Waals surface area contributed by atoms with Gasteiger partial charge in [-0.3, -0.25) is 9.69 Å². The minimum absolute atomic E-state index is 0.112. The van der Waals surface area contributed by atoms with Crippen molar-refractivity contribution in [1.29, 1.82) is 0 Å². The molecule has 1 amide bonds. The number of hydrogen-bond donors (Lipinski definition) is 1. The van der Waals surface area contributed by atoms with Gasteiger partial charge in [-0.15, -0.1) is 11.3 Å². The quantitative estimate of drug-likeness (QED) is 0.780. The Labute approximate surface area is 157 Å². The first-order chi connectivity index (χ1) is 12.8. The van der Waals surface area contributed by atoms with Gasteiger partial charge in [-0.1, -0.05) is 12.1 Å². The van der Waals surface area contributed by atoms with Gasteiger partial charge in [0.15, 0.2) is 5.01 Å². The fraction of sp³-hybridized carbons (Fsp3) is 0.412. The van der Waals surface area contributed by atoms with E-state index in [0.29, 0.717) is 43.2 Å². The molecule has 5 nitrogen and oxygen atoms in total. The molecule has 1 fully saturated rings. The third-order valence-electron chi connectivity index (χ3n) is 4.16. The standard InChI is InChI=1S/C17H17F4N3O2S/c18-12-3-1-2-11(8-12)14(24-4-6-26-7-5-24)9-22-15(25)13-10-27-16(23-13)17(19,20)21/h1-3,8,10,14H,4-7,9H2,(H,22,25). The van der Waals surface area contributed by atoms with Gasteiger partial charge in [0.25, 0.3) is 5.91 Å². The highest BCUT2D eigenvalue weighted by atomic mass is 32.1. The summed E-state index contributed by atoms with van der Waals surface area (Å²) in [5.41, 5.74) is 0.388. The number of alkyl halides is 3. The third kappa shape index (κ3) is 5.02. The summed E-state index contributed by atoms with van der Waals surface area (Å²) in [6.45, 7) is 2.35. The molecule has 0 aliphatic carbocycles. The fourth-order valence-corrected chi connectivity index (χ4v) is 3.52. The average Bonchev–Trinajstić information content (AvgIpc) is 3.13. The normalized spacial score (nSPS) is 16.9. The summed E-state index contributed by atoms with van der Waals surface area (Å²) in [5, 5.41) is 2.62. The number of nitrogens with zero attached hydrogens (tertiary/aromatic N) is 2. The number of thiazole rings is 1. The van der Waals surface area contributed by atoms with Crippen molar-refractivity contribution < 1.29 is 27.1 Å². The molecule has 0 spiro atoms. The molecule has 2 aromatic rings. The molecule has 0 saturated carbocycles. The molecule has 1 N–H and O–H groups in total. The van der Waals surface area contributed by atoms with E-state index in [0.717, 1.165) is 5.38 Å². The van der Waals surface area contributed by atoms with E-state index in [1.807, 2.05) is 4.90 Å². The summed E-state index contributed by atoms with van der Waals surface area (Å²) in [4.78, 5) is 17.6. The molecule has 10 heteroatoms. The number of halogens is 4. The smallest absolute Gasteiger partial charge is 0.379 e. The lowest BCUT2D eigenvalue weighted by molar-refractivity contribution is -0.137. The molecule has 2 heterocycles. The van der Waals surface area contributed by atoms with Crippen molar-refractivity contribution >= 4 is 17.2 Å². The number of hydrogen-bond acceptors (Lipinski definition) is 5. The second-order valence-corrected chi connectivity index (χ2v) is 6.82. The third-order valence-corrected chi connectivity index (χ3v) is 5.04. The highest BCUT2D eigenvalue weighted by molar-refractivity contribution is 7.09. The summed E-state index contributed by atoms with van der Waals surface area (Å²) in [7, 11) is 0. The van der Waals surface area contributed by atoms with Crippen molar-refractivity contribution in [2.24, 2.45) is 0 Å². The first-order valence-electron chi connectivity index (χ1n) is 8.23. The van der Waals surface area contributed by atoms with E-state index in [9.17, 15) is 22.4 Å². The zero-order valence-corrected chi connectivity index (χ0v) is 14.9. The molecule has 3 rings (SSSR count). The van der Waals surface area contributed by atoms with Crippen LogP contribution in [0.15, 0.2) is 29.6 Å². The molecule has 1 atom stereocenters. The van der Waals surface area contributed by atoms with E-state index < -0.39 is 22.9 Å². The van der Waals surface area contributed by atoms with E-state index in [4.69, 9.17) is 4.74 Å². The van der Waals surface area contributed by atoms with Crippen molar-refractivity contribution in [3.05, 3.63) is 51.7 Å². The van der Waals surface area contributed by atoms with Crippen molar-refractivity contribution in [3.63, 3.8) is 0 Å². The number of carbonyl (C=O) groups is 1. The minimum Gasteiger partial charge on any atom is -0.379 e. The van der Waals surface area contributed by atoms with Gasteiger partial charge in [-0.2, -0.15) is 13.2 Å². The van der Waals surface area contributed by atoms with E-state index in [2.05, 4.69) is 10.3 Å². The predicted molar refractivity (Wildman–Crippen MR) is 91.0 cm³/mol. The summed E-state index contributed by atoms with van der Waals surface area (Å²) < 4.78 is 56.9. The van der Waals surface area contributed by atoms with Crippen LogP contribution in [-0.2, 0) is 10.9 Å². The predicted octanol–water partition coefficient (Wildman–Crippen LogP) is 3.10. The molecule has 1 saturated heterocycles. The number of benzene rings is 1. The molecule has 0 bridgehead atoms. The Bertz CT molecular complexity index is 790. The van der Waals surface area contributed by atoms with E-state index in [1.165, 1.54) is 12.1 Å². The molecule has 27 heavy (non-hydrogen) atoms. The molecule has 1 aromatic heterocycles. The maximum absolute atomic E-state index is 13.6. The number of ether oxygens (including phenoxy) is 1. The van der Waals surface area contributed by atoms with Crippen molar-refractivity contribution in [3.8, 4) is 0 Å². The van der Waals surface area contributed by atoms with Crippen LogP contribution < -0.4 is 5.32 Å². The largest absolute Gasteiger partial charge is 0.443 e. The van der Waals surface area contributed by atoms with Gasteiger partial charge in [0.05, 0.1) is 19.3 Å². The van der Waals surface area contributed by atoms with Gasteiger partial charge in [0.1, 0.15) is 11.5 Å². The summed E-state index contributed by atoms with van der Waals surface area (Å²) in [6.07, 6.45) is -4.58. The minimum atomic E-state index is -4.58. The Hall–Kier alpha value is -2.04. The first-order valence-corrected chi connectivity index (χ1v) is 9.11. The lowest BCUT2D eigenvalue weighted by Crippen LogP contribution is -2.43. The van der Waals surface area contributed by atoms with E-state index in [-0.39, 0.29) is 18.3 Å². The van der Waals surface area contributed by atoms with Gasteiger partial charge in [0.2, 0.25) is 0 Å². The summed E-state index contributed by atoms with van der Waals surface area (Å²) >= 11 is 0.372. The number of morpholine rings is 1. The van der Waals surface area contributed by atoms with Gasteiger partial charge >= 0.3 is 6.18 Å². The molecular weight excluding hydrogens is 386 g/mol. The first kappa shape index (κ1) is 19.7. The number of rotatable bonds is 5. The number of amides is 1. The maximum atomic E-state index is 13.6. The van der Waals surface area contributed by atoms with Gasteiger partial charge in [-0.25, -0.2) is 9.37 Å². The van der Waals surface area contributed by atoms with Crippen LogP contribution >= 0.6 is 11.3 Å². The topological polar surface area (TPSA) is 54.5 Å². The number of nitrogens with one attached hydrogen (secondary N) is 1. The lowest BCUT2D eigenvalue weighted by atomic mass is 10.0. The molecule has 1 aliphatic heterocycles. The second-order valence-electron chi connectivity index (χ2n) is 5.96. The molecule has 1 aliphatic rings. The Morgan fingerprint density at radius 1 is 1.33 bits per heavy atom. The number of carbonyl (C=O) groups excluding carboxylic acids is 1. The van der Waals surface area contributed by atoms with Crippen LogP contribution in [0, 0.1) is 5.82 Å². The van der Waals surface area contributed by atoms with Gasteiger partial charge < -0.3 is 10.1 Å². The lowest BCUT2D eigenvalue weighted by Gasteiger charge is -2.34. The average molecular weight is 403 g/mol. The van der Waals surface area contributed by atoms with E-state index in [1.54, 1.807) is 12.1 Å². The van der Waals surface area contributed by atoms with Crippen LogP contribution in [0.5, 0.6) is 0 Å². The van der Waals surface area contributed by atoms with Crippen LogP contribution in [0.4, 0.5) is 17.6 Å². The Balaban J connectivity index is 1.72. The van der Waals surface area contributed by atoms with Crippen molar-refractivity contribution in [2.75, 3.05) is 32.8 Å². The van der Waals surface area contributed by atoms with E-state index >= 15 is 0 Å².